The zero-order chi connectivity index (χ0) is 24.3. The van der Waals surface area contributed by atoms with Gasteiger partial charge in [-0.3, -0.25) is 4.79 Å². The van der Waals surface area contributed by atoms with E-state index in [1.54, 1.807) is 0 Å². The van der Waals surface area contributed by atoms with Crippen molar-refractivity contribution in [1.82, 2.24) is 19.6 Å². The van der Waals surface area contributed by atoms with Gasteiger partial charge in [-0.2, -0.15) is 13.2 Å². The van der Waals surface area contributed by atoms with E-state index in [4.69, 9.17) is 4.74 Å². The molecule has 9 nitrogen and oxygen atoms in total. The zero-order valence-corrected chi connectivity index (χ0v) is 18.6. The topological polar surface area (TPSA) is 123 Å². The second kappa shape index (κ2) is 9.79. The molecule has 13 heteroatoms. The third kappa shape index (κ3) is 5.72. The fourth-order valence-electron chi connectivity index (χ4n) is 3.48. The minimum Gasteiger partial charge on any atom is -0.377 e. The van der Waals surface area contributed by atoms with Crippen molar-refractivity contribution in [2.45, 2.75) is 42.0 Å². The van der Waals surface area contributed by atoms with Gasteiger partial charge in [0.2, 0.25) is 15.6 Å². The predicted octanol–water partition coefficient (Wildman–Crippen LogP) is 1.45. The number of sulfonamides is 1. The number of nitrogens with one attached hydrogen (secondary N) is 2. The lowest BCUT2D eigenvalue weighted by Crippen LogP contribution is -2.46. The quantitative estimate of drug-likeness (QED) is 0.489. The summed E-state index contributed by atoms with van der Waals surface area (Å²) in [5, 5.41) is 12.6. The molecule has 0 spiro atoms. The Morgan fingerprint density at radius 3 is 2.55 bits per heavy atom. The highest BCUT2D eigenvalue weighted by Gasteiger charge is 2.57. The largest absolute Gasteiger partial charge is 0.424 e. The summed E-state index contributed by atoms with van der Waals surface area (Å²) >= 11 is 0. The number of carbonyl (C=O) groups is 1. The fourth-order valence-corrected chi connectivity index (χ4v) is 4.55. The summed E-state index contributed by atoms with van der Waals surface area (Å²) in [6.07, 6.45) is -1.99. The molecule has 33 heavy (non-hydrogen) atoms. The second-order valence-corrected chi connectivity index (χ2v) is 9.50. The lowest BCUT2D eigenvalue weighted by atomic mass is 9.97. The number of halogens is 3. The number of ether oxygens (including phenoxy) is 1. The third-order valence-electron chi connectivity index (χ3n) is 5.38. The molecule has 1 aromatic carbocycles. The van der Waals surface area contributed by atoms with Crippen molar-refractivity contribution < 1.29 is 36.2 Å². The van der Waals surface area contributed by atoms with Gasteiger partial charge < -0.3 is 19.7 Å². The Morgan fingerprint density at radius 2 is 2.00 bits per heavy atom. The van der Waals surface area contributed by atoms with E-state index >= 15 is 0 Å². The van der Waals surface area contributed by atoms with Crippen LogP contribution in [0.4, 0.5) is 13.2 Å². The van der Waals surface area contributed by atoms with Crippen molar-refractivity contribution >= 4 is 15.9 Å². The van der Waals surface area contributed by atoms with Gasteiger partial charge in [-0.05, 0) is 37.1 Å². The summed E-state index contributed by atoms with van der Waals surface area (Å²) in [7, 11) is -2.48. The summed E-state index contributed by atoms with van der Waals surface area (Å²) in [5.41, 5.74) is -3.19. The zero-order valence-electron chi connectivity index (χ0n) is 17.8. The summed E-state index contributed by atoms with van der Waals surface area (Å²) in [5.74, 6) is -1.30. The molecular weight excluding hydrogens is 465 g/mol. The molecule has 1 aliphatic rings. The maximum Gasteiger partial charge on any atom is 0.424 e. The lowest BCUT2D eigenvalue weighted by Gasteiger charge is -2.30. The van der Waals surface area contributed by atoms with Crippen molar-refractivity contribution in [3.05, 3.63) is 48.0 Å². The van der Waals surface area contributed by atoms with Gasteiger partial charge in [-0.1, -0.05) is 0 Å². The monoisotopic (exact) mass is 490 g/mol. The highest BCUT2D eigenvalue weighted by Crippen LogP contribution is 2.40. The van der Waals surface area contributed by atoms with E-state index in [0.717, 1.165) is 23.6 Å². The summed E-state index contributed by atoms with van der Waals surface area (Å²) < 4.78 is 74.2. The third-order valence-corrected chi connectivity index (χ3v) is 6.82. The van der Waals surface area contributed by atoms with Crippen LogP contribution in [0.2, 0.25) is 0 Å². The molecule has 1 aliphatic heterocycles. The van der Waals surface area contributed by atoms with Crippen LogP contribution < -0.4 is 10.0 Å². The van der Waals surface area contributed by atoms with Crippen LogP contribution in [0.15, 0.2) is 41.6 Å². The molecule has 0 bridgehead atoms. The first-order chi connectivity index (χ1) is 15.4. The van der Waals surface area contributed by atoms with Crippen LogP contribution in [0.5, 0.6) is 0 Å². The number of alkyl halides is 3. The molecule has 182 valence electrons. The molecule has 0 aliphatic carbocycles. The van der Waals surface area contributed by atoms with Crippen molar-refractivity contribution in [3.63, 3.8) is 0 Å². The summed E-state index contributed by atoms with van der Waals surface area (Å²) in [6.45, 7) is 0.242. The Morgan fingerprint density at radius 1 is 1.30 bits per heavy atom. The van der Waals surface area contributed by atoms with Crippen LogP contribution in [0.3, 0.4) is 0 Å². The first-order valence-electron chi connectivity index (χ1n) is 10.2. The SMILES string of the molecule is Cn1ccnc1C(O)(CCNC(=O)c1ccc(S(=O)(=O)NCC2CCCO2)cc1)C(F)(F)F. The molecule has 3 N–H and O–H groups in total. The maximum absolute atomic E-state index is 13.5. The van der Waals surface area contributed by atoms with E-state index in [0.29, 0.717) is 6.61 Å². The number of rotatable bonds is 9. The molecule has 2 unspecified atom stereocenters. The van der Waals surface area contributed by atoms with Crippen LogP contribution >= 0.6 is 0 Å². The number of imidazole rings is 1. The molecule has 0 radical (unpaired) electrons. The first kappa shape index (κ1) is 25.1. The number of nitrogens with zero attached hydrogens (tertiary/aromatic N) is 2. The Kier molecular flexibility index (Phi) is 7.46. The minimum atomic E-state index is -5.01. The van der Waals surface area contributed by atoms with Crippen molar-refractivity contribution in [2.24, 2.45) is 7.05 Å². The highest BCUT2D eigenvalue weighted by molar-refractivity contribution is 7.89. The molecule has 1 saturated heterocycles. The normalized spacial score (nSPS) is 18.8. The summed E-state index contributed by atoms with van der Waals surface area (Å²) in [4.78, 5) is 15.9. The molecule has 3 rings (SSSR count). The first-order valence-corrected chi connectivity index (χ1v) is 11.7. The van der Waals surface area contributed by atoms with Gasteiger partial charge in [0.15, 0.2) is 0 Å². The van der Waals surface area contributed by atoms with Gasteiger partial charge in [0.25, 0.3) is 5.91 Å². The molecule has 0 saturated carbocycles. The average Bonchev–Trinajstić information content (AvgIpc) is 3.43. The number of amides is 1. The molecular formula is C20H25F3N4O5S. The van der Waals surface area contributed by atoms with Crippen LogP contribution in [-0.4, -0.2) is 61.0 Å². The standard InChI is InChI=1S/C20H25F3N4O5S/c1-27-11-10-25-18(27)19(29,20(21,22)23)8-9-24-17(28)14-4-6-16(7-5-14)33(30,31)26-13-15-3-2-12-32-15/h4-7,10-11,15,26,29H,2-3,8-9,12-13H2,1H3,(H,24,28). The Balaban J connectivity index is 1.59. The number of aryl methyl sites for hydroxylation is 1. The highest BCUT2D eigenvalue weighted by atomic mass is 32.2. The lowest BCUT2D eigenvalue weighted by molar-refractivity contribution is -0.272. The van der Waals surface area contributed by atoms with Crippen molar-refractivity contribution in [1.29, 1.82) is 0 Å². The van der Waals surface area contributed by atoms with E-state index in [9.17, 15) is 31.5 Å². The van der Waals surface area contributed by atoms with E-state index in [1.165, 1.54) is 37.5 Å². The number of aromatic nitrogens is 2. The maximum atomic E-state index is 13.5. The van der Waals surface area contributed by atoms with Gasteiger partial charge in [0.1, 0.15) is 5.82 Å². The Bertz CT molecular complexity index is 1070. The summed E-state index contributed by atoms with van der Waals surface area (Å²) in [6, 6.07) is 4.97. The molecule has 2 aromatic rings. The van der Waals surface area contributed by atoms with Gasteiger partial charge in [0, 0.05) is 51.1 Å². The predicted molar refractivity (Wildman–Crippen MR) is 111 cm³/mol. The van der Waals surface area contributed by atoms with Crippen molar-refractivity contribution in [2.75, 3.05) is 19.7 Å². The second-order valence-electron chi connectivity index (χ2n) is 7.74. The smallest absolute Gasteiger partial charge is 0.377 e. The number of aliphatic hydroxyl groups is 1. The molecule has 1 fully saturated rings. The Hall–Kier alpha value is -2.48. The van der Waals surface area contributed by atoms with Crippen molar-refractivity contribution in [3.8, 4) is 0 Å². The van der Waals surface area contributed by atoms with E-state index in [1.807, 2.05) is 0 Å². The molecule has 2 heterocycles. The number of benzene rings is 1. The van der Waals surface area contributed by atoms with Crippen LogP contribution in [-0.2, 0) is 27.4 Å². The average molecular weight is 491 g/mol. The van der Waals surface area contributed by atoms with Gasteiger partial charge in [-0.25, -0.2) is 18.1 Å². The van der Waals surface area contributed by atoms with E-state index in [-0.39, 0.29) is 23.1 Å². The Labute approximate surface area is 189 Å². The number of hydrogen-bond donors (Lipinski definition) is 3. The van der Waals surface area contributed by atoms with Gasteiger partial charge in [-0.15, -0.1) is 0 Å². The minimum absolute atomic E-state index is 0.0561. The fraction of sp³-hybridized carbons (Fsp3) is 0.500. The van der Waals surface area contributed by atoms with E-state index in [2.05, 4.69) is 15.0 Å². The molecule has 1 aromatic heterocycles. The van der Waals surface area contributed by atoms with Gasteiger partial charge >= 0.3 is 6.18 Å². The molecule has 1 amide bonds. The van der Waals surface area contributed by atoms with Crippen LogP contribution in [0, 0.1) is 0 Å². The molecule has 2 atom stereocenters. The number of carbonyl (C=O) groups excluding carboxylic acids is 1. The number of hydrogen-bond acceptors (Lipinski definition) is 6. The van der Waals surface area contributed by atoms with Crippen LogP contribution in [0.25, 0.3) is 0 Å². The van der Waals surface area contributed by atoms with Crippen LogP contribution in [0.1, 0.15) is 35.4 Å². The van der Waals surface area contributed by atoms with Gasteiger partial charge in [0.05, 0.1) is 11.0 Å². The van der Waals surface area contributed by atoms with E-state index < -0.39 is 46.5 Å².